The van der Waals surface area contributed by atoms with Gasteiger partial charge in [-0.15, -0.1) is 0 Å². The minimum Gasteiger partial charge on any atom is -0.383 e. The summed E-state index contributed by atoms with van der Waals surface area (Å²) in [7, 11) is 0. The summed E-state index contributed by atoms with van der Waals surface area (Å²) in [6.45, 7) is 0.894. The molecule has 106 valence electrons. The van der Waals surface area contributed by atoms with Crippen molar-refractivity contribution in [3.63, 3.8) is 0 Å². The van der Waals surface area contributed by atoms with Crippen molar-refractivity contribution in [2.75, 3.05) is 6.54 Å². The lowest BCUT2D eigenvalue weighted by Crippen LogP contribution is -2.38. The summed E-state index contributed by atoms with van der Waals surface area (Å²) in [4.78, 5) is 11.1. The average Bonchev–Trinajstić information content (AvgIpc) is 2.89. The largest absolute Gasteiger partial charge is 0.383 e. The van der Waals surface area contributed by atoms with E-state index in [0.717, 1.165) is 37.1 Å². The standard InChI is InChI=1S/C15H17FN2O2/c16-12-3-1-10(2-4-12)7-13-8-11(5-6-17-13)14-9-15(19)18-20-14/h1-4,9,11,13,17H,5-8H2,(H,18,19)/t11-,13+/m1/s1. The van der Waals surface area contributed by atoms with Gasteiger partial charge in [0.1, 0.15) is 11.6 Å². The van der Waals surface area contributed by atoms with E-state index in [1.165, 1.54) is 18.2 Å². The zero-order valence-corrected chi connectivity index (χ0v) is 11.1. The minimum absolute atomic E-state index is 0.186. The van der Waals surface area contributed by atoms with Crippen LogP contribution < -0.4 is 10.9 Å². The van der Waals surface area contributed by atoms with Gasteiger partial charge in [0.05, 0.1) is 0 Å². The molecular formula is C15H17FN2O2. The number of halogens is 1. The zero-order valence-electron chi connectivity index (χ0n) is 11.1. The molecule has 0 aliphatic carbocycles. The second-order valence-electron chi connectivity index (χ2n) is 5.32. The number of aromatic nitrogens is 1. The molecule has 0 unspecified atom stereocenters. The van der Waals surface area contributed by atoms with E-state index in [1.807, 2.05) is 12.1 Å². The fourth-order valence-corrected chi connectivity index (χ4v) is 2.82. The van der Waals surface area contributed by atoms with Crippen LogP contribution in [0.1, 0.15) is 30.1 Å². The van der Waals surface area contributed by atoms with Crippen molar-refractivity contribution >= 4 is 0 Å². The Morgan fingerprint density at radius 3 is 2.80 bits per heavy atom. The maximum Gasteiger partial charge on any atom is 0.280 e. The van der Waals surface area contributed by atoms with Gasteiger partial charge in [0, 0.05) is 18.0 Å². The molecule has 1 saturated heterocycles. The van der Waals surface area contributed by atoms with Gasteiger partial charge in [0.2, 0.25) is 0 Å². The summed E-state index contributed by atoms with van der Waals surface area (Å²) < 4.78 is 18.1. The maximum absolute atomic E-state index is 12.9. The molecule has 0 bridgehead atoms. The first kappa shape index (κ1) is 13.1. The van der Waals surface area contributed by atoms with Crippen LogP contribution in [0, 0.1) is 5.82 Å². The summed E-state index contributed by atoms with van der Waals surface area (Å²) in [5, 5.41) is 5.81. The molecular weight excluding hydrogens is 259 g/mol. The monoisotopic (exact) mass is 276 g/mol. The van der Waals surface area contributed by atoms with E-state index in [9.17, 15) is 9.18 Å². The van der Waals surface area contributed by atoms with E-state index in [0.29, 0.717) is 6.04 Å². The Hall–Kier alpha value is -1.88. The third-order valence-corrected chi connectivity index (χ3v) is 3.84. The summed E-state index contributed by atoms with van der Waals surface area (Å²) in [6, 6.07) is 8.46. The van der Waals surface area contributed by atoms with Crippen molar-refractivity contribution in [1.82, 2.24) is 10.5 Å². The number of hydrogen-bond donors (Lipinski definition) is 2. The quantitative estimate of drug-likeness (QED) is 0.903. The molecule has 0 saturated carbocycles. The van der Waals surface area contributed by atoms with Crippen LogP contribution in [0.25, 0.3) is 0 Å². The Labute approximate surface area is 116 Å². The van der Waals surface area contributed by atoms with E-state index < -0.39 is 0 Å². The SMILES string of the molecule is O=c1cc([C@@H]2CCN[C@@H](Cc3ccc(F)cc3)C2)o[nH]1. The topological polar surface area (TPSA) is 58.0 Å². The van der Waals surface area contributed by atoms with Crippen molar-refractivity contribution < 1.29 is 8.91 Å². The van der Waals surface area contributed by atoms with Gasteiger partial charge in [-0.2, -0.15) is 5.16 Å². The first-order valence-electron chi connectivity index (χ1n) is 6.87. The molecule has 1 aromatic carbocycles. The molecule has 2 N–H and O–H groups in total. The lowest BCUT2D eigenvalue weighted by molar-refractivity contribution is 0.292. The van der Waals surface area contributed by atoms with E-state index in [-0.39, 0.29) is 17.3 Å². The molecule has 0 radical (unpaired) electrons. The van der Waals surface area contributed by atoms with Crippen LogP contribution in [-0.2, 0) is 6.42 Å². The predicted molar refractivity (Wildman–Crippen MR) is 73.2 cm³/mol. The van der Waals surface area contributed by atoms with Crippen molar-refractivity contribution in [1.29, 1.82) is 0 Å². The van der Waals surface area contributed by atoms with Crippen LogP contribution >= 0.6 is 0 Å². The van der Waals surface area contributed by atoms with E-state index in [2.05, 4.69) is 10.5 Å². The van der Waals surface area contributed by atoms with Crippen LogP contribution in [0.3, 0.4) is 0 Å². The molecule has 5 heteroatoms. The Bertz CT molecular complexity index is 617. The number of rotatable bonds is 3. The van der Waals surface area contributed by atoms with Crippen molar-refractivity contribution in [2.45, 2.75) is 31.2 Å². The minimum atomic E-state index is -0.211. The Kier molecular flexibility index (Phi) is 3.69. The van der Waals surface area contributed by atoms with Crippen LogP contribution in [0.4, 0.5) is 4.39 Å². The fraction of sp³-hybridized carbons (Fsp3) is 0.400. The molecule has 3 rings (SSSR count). The molecule has 1 aromatic heterocycles. The van der Waals surface area contributed by atoms with Gasteiger partial charge in [0.15, 0.2) is 0 Å². The van der Waals surface area contributed by atoms with Gasteiger partial charge < -0.3 is 9.84 Å². The molecule has 0 spiro atoms. The Balaban J connectivity index is 1.66. The Morgan fingerprint density at radius 2 is 2.10 bits per heavy atom. The maximum atomic E-state index is 12.9. The molecule has 1 aliphatic rings. The highest BCUT2D eigenvalue weighted by Gasteiger charge is 2.25. The van der Waals surface area contributed by atoms with E-state index >= 15 is 0 Å². The molecule has 1 aliphatic heterocycles. The van der Waals surface area contributed by atoms with Gasteiger partial charge in [-0.25, -0.2) is 4.39 Å². The highest BCUT2D eigenvalue weighted by molar-refractivity contribution is 5.18. The lowest BCUT2D eigenvalue weighted by Gasteiger charge is -2.29. The normalized spacial score (nSPS) is 22.9. The highest BCUT2D eigenvalue weighted by Crippen LogP contribution is 2.27. The molecule has 0 amide bonds. The second kappa shape index (κ2) is 5.63. The number of piperidine rings is 1. The van der Waals surface area contributed by atoms with Crippen molar-refractivity contribution in [2.24, 2.45) is 0 Å². The number of H-pyrrole nitrogens is 1. The number of hydrogen-bond acceptors (Lipinski definition) is 3. The Morgan fingerprint density at radius 1 is 1.30 bits per heavy atom. The molecule has 2 aromatic rings. The fourth-order valence-electron chi connectivity index (χ4n) is 2.82. The van der Waals surface area contributed by atoms with Crippen LogP contribution in [-0.4, -0.2) is 17.7 Å². The van der Waals surface area contributed by atoms with Gasteiger partial charge >= 0.3 is 0 Å². The summed E-state index contributed by atoms with van der Waals surface area (Å²) in [5.74, 6) is 0.790. The van der Waals surface area contributed by atoms with Gasteiger partial charge in [0.25, 0.3) is 5.56 Å². The van der Waals surface area contributed by atoms with Gasteiger partial charge in [-0.3, -0.25) is 4.79 Å². The second-order valence-corrected chi connectivity index (χ2v) is 5.32. The highest BCUT2D eigenvalue weighted by atomic mass is 19.1. The summed E-state index contributed by atoms with van der Waals surface area (Å²) >= 11 is 0. The predicted octanol–water partition coefficient (Wildman–Crippen LogP) is 2.19. The third kappa shape index (κ3) is 2.99. The summed E-state index contributed by atoms with van der Waals surface area (Å²) in [6.07, 6.45) is 2.73. The van der Waals surface area contributed by atoms with Crippen LogP contribution in [0.2, 0.25) is 0 Å². The van der Waals surface area contributed by atoms with Gasteiger partial charge in [-0.1, -0.05) is 12.1 Å². The first-order chi connectivity index (χ1) is 9.70. The van der Waals surface area contributed by atoms with Gasteiger partial charge in [-0.05, 0) is 43.5 Å². The average molecular weight is 276 g/mol. The smallest absolute Gasteiger partial charge is 0.280 e. The molecule has 20 heavy (non-hydrogen) atoms. The number of benzene rings is 1. The van der Waals surface area contributed by atoms with Crippen molar-refractivity contribution in [3.8, 4) is 0 Å². The molecule has 2 heterocycles. The number of nitrogens with one attached hydrogen (secondary N) is 2. The molecule has 4 nitrogen and oxygen atoms in total. The van der Waals surface area contributed by atoms with Crippen LogP contribution in [0.15, 0.2) is 39.6 Å². The lowest BCUT2D eigenvalue weighted by atomic mass is 9.87. The third-order valence-electron chi connectivity index (χ3n) is 3.84. The molecule has 1 fully saturated rings. The first-order valence-corrected chi connectivity index (χ1v) is 6.87. The molecule has 2 atom stereocenters. The van der Waals surface area contributed by atoms with E-state index in [1.54, 1.807) is 0 Å². The van der Waals surface area contributed by atoms with Crippen LogP contribution in [0.5, 0.6) is 0 Å². The number of aromatic amines is 1. The summed E-state index contributed by atoms with van der Waals surface area (Å²) in [5.41, 5.74) is 0.925. The zero-order chi connectivity index (χ0) is 13.9. The van der Waals surface area contributed by atoms with E-state index in [4.69, 9.17) is 4.52 Å². The van der Waals surface area contributed by atoms with Crippen molar-refractivity contribution in [3.05, 3.63) is 57.8 Å².